The van der Waals surface area contributed by atoms with Gasteiger partial charge in [0, 0.05) is 31.4 Å². The lowest BCUT2D eigenvalue weighted by Gasteiger charge is -2.16. The van der Waals surface area contributed by atoms with Crippen molar-refractivity contribution in [3.63, 3.8) is 0 Å². The molecule has 0 aliphatic carbocycles. The van der Waals surface area contributed by atoms with E-state index >= 15 is 0 Å². The number of nitrogens with zero attached hydrogens (tertiary/aromatic N) is 1. The monoisotopic (exact) mass is 491 g/mol. The maximum atomic E-state index is 13.4. The highest BCUT2D eigenvalue weighted by Crippen LogP contribution is 2.39. The topological polar surface area (TPSA) is 84.3 Å². The number of aromatic hydroxyl groups is 1. The van der Waals surface area contributed by atoms with Crippen LogP contribution in [0.25, 0.3) is 0 Å². The predicted molar refractivity (Wildman–Crippen MR) is 113 cm³/mol. The van der Waals surface area contributed by atoms with Gasteiger partial charge in [-0.1, -0.05) is 6.07 Å². The van der Waals surface area contributed by atoms with Crippen LogP contribution in [0.5, 0.6) is 23.0 Å². The maximum Gasteiger partial charge on any atom is 0.203 e. The van der Waals surface area contributed by atoms with E-state index in [0.29, 0.717) is 41.0 Å². The van der Waals surface area contributed by atoms with Gasteiger partial charge < -0.3 is 30.0 Å². The van der Waals surface area contributed by atoms with Gasteiger partial charge in [0.2, 0.25) is 5.75 Å². The lowest BCUT2D eigenvalue weighted by molar-refractivity contribution is 0.324. The Balaban J connectivity index is 0.00000364. The molecule has 0 aliphatic rings. The third-order valence-corrected chi connectivity index (χ3v) is 3.62. The van der Waals surface area contributed by atoms with E-state index in [4.69, 9.17) is 14.2 Å². The Morgan fingerprint density at radius 1 is 1.07 bits per heavy atom. The third-order valence-electron chi connectivity index (χ3n) is 3.62. The molecule has 0 aliphatic heterocycles. The van der Waals surface area contributed by atoms with Gasteiger partial charge in [-0.25, -0.2) is 4.39 Å². The van der Waals surface area contributed by atoms with Gasteiger partial charge in [0.05, 0.1) is 21.3 Å². The summed E-state index contributed by atoms with van der Waals surface area (Å²) in [6.07, 6.45) is 0. The minimum absolute atomic E-state index is 0. The van der Waals surface area contributed by atoms with Crippen LogP contribution < -0.4 is 24.8 Å². The van der Waals surface area contributed by atoms with Crippen molar-refractivity contribution in [2.75, 3.05) is 33.7 Å². The molecule has 9 heteroatoms. The normalized spacial score (nSPS) is 10.6. The second kappa shape index (κ2) is 10.7. The quantitative estimate of drug-likeness (QED) is 0.327. The van der Waals surface area contributed by atoms with Crippen LogP contribution in [0.1, 0.15) is 5.56 Å². The van der Waals surface area contributed by atoms with Crippen LogP contribution >= 0.6 is 24.0 Å². The first-order valence-corrected chi connectivity index (χ1v) is 7.77. The van der Waals surface area contributed by atoms with Crippen molar-refractivity contribution in [3.05, 3.63) is 41.7 Å². The highest BCUT2D eigenvalue weighted by atomic mass is 127. The van der Waals surface area contributed by atoms with E-state index in [1.54, 1.807) is 25.2 Å². The van der Waals surface area contributed by atoms with E-state index in [2.05, 4.69) is 15.6 Å². The first kappa shape index (κ1) is 22.6. The highest BCUT2D eigenvalue weighted by Gasteiger charge is 2.14. The standard InChI is InChI=1S/C18H22FN3O4.HI/c1-20-18(21-10-11-5-6-14(23)13(19)7-11)22-12-8-15(24-2)17(26-4)16(9-12)25-3;/h5-9,23H,10H2,1-4H3,(H2,20,21,22);1H. The fraction of sp³-hybridized carbons (Fsp3) is 0.278. The molecule has 0 saturated heterocycles. The second-order valence-corrected chi connectivity index (χ2v) is 5.25. The Morgan fingerprint density at radius 2 is 1.70 bits per heavy atom. The maximum absolute atomic E-state index is 13.4. The van der Waals surface area contributed by atoms with Gasteiger partial charge in [-0.05, 0) is 17.7 Å². The smallest absolute Gasteiger partial charge is 0.203 e. The molecule has 27 heavy (non-hydrogen) atoms. The van der Waals surface area contributed by atoms with Crippen molar-refractivity contribution < 1.29 is 23.7 Å². The summed E-state index contributed by atoms with van der Waals surface area (Å²) in [5.41, 5.74) is 1.33. The lowest BCUT2D eigenvalue weighted by atomic mass is 10.2. The number of phenolic OH excluding ortho intramolecular Hbond substituents is 1. The largest absolute Gasteiger partial charge is 0.505 e. The highest BCUT2D eigenvalue weighted by molar-refractivity contribution is 14.0. The Morgan fingerprint density at radius 3 is 2.19 bits per heavy atom. The number of hydrogen-bond acceptors (Lipinski definition) is 5. The first-order chi connectivity index (χ1) is 12.5. The molecule has 2 aromatic carbocycles. The average molecular weight is 491 g/mol. The summed E-state index contributed by atoms with van der Waals surface area (Å²) in [4.78, 5) is 4.13. The van der Waals surface area contributed by atoms with E-state index in [9.17, 15) is 9.50 Å². The summed E-state index contributed by atoms with van der Waals surface area (Å²) in [5, 5.41) is 15.4. The molecule has 2 rings (SSSR count). The molecule has 0 amide bonds. The summed E-state index contributed by atoms with van der Waals surface area (Å²) in [6, 6.07) is 7.68. The number of benzene rings is 2. The molecule has 0 fully saturated rings. The molecule has 148 valence electrons. The number of phenols is 1. The molecule has 0 saturated carbocycles. The fourth-order valence-corrected chi connectivity index (χ4v) is 2.32. The minimum atomic E-state index is -0.670. The molecule has 0 unspecified atom stereocenters. The molecule has 0 spiro atoms. The molecular weight excluding hydrogens is 468 g/mol. The van der Waals surface area contributed by atoms with Crippen molar-refractivity contribution >= 4 is 35.6 Å². The Bertz CT molecular complexity index is 777. The van der Waals surface area contributed by atoms with Gasteiger partial charge in [-0.3, -0.25) is 4.99 Å². The average Bonchev–Trinajstić information content (AvgIpc) is 2.66. The zero-order valence-corrected chi connectivity index (χ0v) is 17.8. The molecule has 2 aromatic rings. The molecule has 0 aromatic heterocycles. The molecule has 0 heterocycles. The minimum Gasteiger partial charge on any atom is -0.505 e. The number of guanidine groups is 1. The summed E-state index contributed by atoms with van der Waals surface area (Å²) in [7, 11) is 6.22. The predicted octanol–water partition coefficient (Wildman–Crippen LogP) is 3.36. The van der Waals surface area contributed by atoms with Gasteiger partial charge in [0.25, 0.3) is 0 Å². The van der Waals surface area contributed by atoms with E-state index in [-0.39, 0.29) is 29.7 Å². The van der Waals surface area contributed by atoms with E-state index < -0.39 is 5.82 Å². The van der Waals surface area contributed by atoms with Gasteiger partial charge in [0.1, 0.15) is 0 Å². The van der Waals surface area contributed by atoms with Crippen molar-refractivity contribution in [2.45, 2.75) is 6.54 Å². The first-order valence-electron chi connectivity index (χ1n) is 7.77. The van der Waals surface area contributed by atoms with Gasteiger partial charge in [-0.2, -0.15) is 0 Å². The Kier molecular flexibility index (Phi) is 8.92. The molecule has 3 N–H and O–H groups in total. The van der Waals surface area contributed by atoms with E-state index in [1.165, 1.54) is 33.5 Å². The van der Waals surface area contributed by atoms with Gasteiger partial charge in [-0.15, -0.1) is 24.0 Å². The Hall–Kier alpha value is -2.43. The number of hydrogen-bond donors (Lipinski definition) is 3. The van der Waals surface area contributed by atoms with Crippen LogP contribution in [0.2, 0.25) is 0 Å². The molecular formula is C18H23FIN3O4. The number of halogens is 2. The number of nitrogens with one attached hydrogen (secondary N) is 2. The fourth-order valence-electron chi connectivity index (χ4n) is 2.32. The van der Waals surface area contributed by atoms with Gasteiger partial charge >= 0.3 is 0 Å². The summed E-state index contributed by atoms with van der Waals surface area (Å²) in [6.45, 7) is 0.321. The molecule has 0 bridgehead atoms. The van der Waals surface area contributed by atoms with Crippen molar-refractivity contribution in [1.82, 2.24) is 5.32 Å². The van der Waals surface area contributed by atoms with Gasteiger partial charge in [0.15, 0.2) is 29.0 Å². The van der Waals surface area contributed by atoms with Crippen LogP contribution in [0, 0.1) is 5.82 Å². The van der Waals surface area contributed by atoms with Crippen LogP contribution in [0.3, 0.4) is 0 Å². The van der Waals surface area contributed by atoms with Crippen molar-refractivity contribution in [2.24, 2.45) is 4.99 Å². The van der Waals surface area contributed by atoms with Crippen molar-refractivity contribution in [3.8, 4) is 23.0 Å². The third kappa shape index (κ3) is 5.78. The SMILES string of the molecule is CN=C(NCc1ccc(O)c(F)c1)Nc1cc(OC)c(OC)c(OC)c1.I. The number of anilines is 1. The summed E-state index contributed by atoms with van der Waals surface area (Å²) >= 11 is 0. The molecule has 7 nitrogen and oxygen atoms in total. The van der Waals surface area contributed by atoms with E-state index in [1.807, 2.05) is 0 Å². The summed E-state index contributed by atoms with van der Waals surface area (Å²) in [5.74, 6) is 0.914. The van der Waals surface area contributed by atoms with Crippen molar-refractivity contribution in [1.29, 1.82) is 0 Å². The Labute approximate surface area is 174 Å². The van der Waals surface area contributed by atoms with Crippen LogP contribution in [0.15, 0.2) is 35.3 Å². The number of aliphatic imine (C=N–C) groups is 1. The second-order valence-electron chi connectivity index (χ2n) is 5.25. The van der Waals surface area contributed by atoms with Crippen LogP contribution in [-0.4, -0.2) is 39.4 Å². The number of rotatable bonds is 6. The van der Waals surface area contributed by atoms with Crippen LogP contribution in [0.4, 0.5) is 10.1 Å². The zero-order chi connectivity index (χ0) is 19.1. The van der Waals surface area contributed by atoms with Crippen LogP contribution in [-0.2, 0) is 6.54 Å². The number of ether oxygens (including phenoxy) is 3. The summed E-state index contributed by atoms with van der Waals surface area (Å²) < 4.78 is 29.3. The molecule has 0 atom stereocenters. The number of methoxy groups -OCH3 is 3. The lowest BCUT2D eigenvalue weighted by Crippen LogP contribution is -2.30. The van der Waals surface area contributed by atoms with E-state index in [0.717, 1.165) is 0 Å². The zero-order valence-electron chi connectivity index (χ0n) is 15.5. The molecule has 0 radical (unpaired) electrons.